The van der Waals surface area contributed by atoms with Gasteiger partial charge >= 0.3 is 5.97 Å². The predicted octanol–water partition coefficient (Wildman–Crippen LogP) is 8.13. The molecule has 9 heteroatoms. The molecule has 6 bridgehead atoms. The molecule has 1 unspecified atom stereocenters. The summed E-state index contributed by atoms with van der Waals surface area (Å²) in [6, 6.07) is 22.1. The maximum absolute atomic E-state index is 16.5. The van der Waals surface area contributed by atoms with Crippen LogP contribution in [0, 0.1) is 12.7 Å². The number of rotatable bonds is 3. The van der Waals surface area contributed by atoms with E-state index >= 15 is 4.39 Å². The van der Waals surface area contributed by atoms with E-state index in [1.807, 2.05) is 52.0 Å². The van der Waals surface area contributed by atoms with Crippen LogP contribution >= 0.6 is 0 Å². The zero-order valence-corrected chi connectivity index (χ0v) is 28.2. The molecule has 0 saturated heterocycles. The number of aryl methyl sites for hydroxylation is 2. The summed E-state index contributed by atoms with van der Waals surface area (Å²) in [6.45, 7) is 9.39. The van der Waals surface area contributed by atoms with Crippen LogP contribution in [0.5, 0.6) is 5.75 Å². The van der Waals surface area contributed by atoms with Gasteiger partial charge in [-0.25, -0.2) is 18.7 Å². The van der Waals surface area contributed by atoms with Gasteiger partial charge in [-0.05, 0) is 75.8 Å². The summed E-state index contributed by atoms with van der Waals surface area (Å²) in [4.78, 5) is 20.6. The minimum atomic E-state index is -1.19. The summed E-state index contributed by atoms with van der Waals surface area (Å²) < 4.78 is 35.7. The third-order valence-electron chi connectivity index (χ3n) is 9.10. The van der Waals surface area contributed by atoms with Gasteiger partial charge in [0.15, 0.2) is 11.8 Å². The number of hydrogen-bond donors (Lipinski definition) is 0. The lowest BCUT2D eigenvalue weighted by atomic mass is 9.94. The molecule has 248 valence electrons. The smallest absolute Gasteiger partial charge is 0.339 e. The SMILES string of the molecule is COC(=O)C(OC(C)(C)C)c1c(C)nc2cc3nn2c1-c1cc2c(cc1F)OCCN2CCCCCc1ccccc1-c1cccc-3c1. The van der Waals surface area contributed by atoms with Crippen molar-refractivity contribution >= 4 is 17.3 Å². The monoisotopic (exact) mass is 648 g/mol. The molecule has 4 heterocycles. The van der Waals surface area contributed by atoms with Gasteiger partial charge in [-0.15, -0.1) is 0 Å². The highest BCUT2D eigenvalue weighted by Crippen LogP contribution is 2.43. The van der Waals surface area contributed by atoms with E-state index in [0.717, 1.165) is 49.0 Å². The third kappa shape index (κ3) is 6.03. The molecule has 0 N–H and O–H groups in total. The van der Waals surface area contributed by atoms with Crippen molar-refractivity contribution in [2.24, 2.45) is 0 Å². The van der Waals surface area contributed by atoms with Crippen molar-refractivity contribution in [3.63, 3.8) is 0 Å². The fourth-order valence-electron chi connectivity index (χ4n) is 6.90. The van der Waals surface area contributed by atoms with Crippen LogP contribution < -0.4 is 9.64 Å². The molecule has 0 fully saturated rings. The summed E-state index contributed by atoms with van der Waals surface area (Å²) >= 11 is 0. The molecule has 0 spiro atoms. The molecule has 7 rings (SSSR count). The van der Waals surface area contributed by atoms with E-state index in [0.29, 0.717) is 47.2 Å². The van der Waals surface area contributed by atoms with Gasteiger partial charge in [0.1, 0.15) is 18.2 Å². The van der Waals surface area contributed by atoms with Crippen LogP contribution in [0.4, 0.5) is 10.1 Å². The first-order valence-electron chi connectivity index (χ1n) is 16.7. The number of carbonyl (C=O) groups excluding carboxylic acids is 1. The maximum atomic E-state index is 16.5. The Hall–Kier alpha value is -4.76. The van der Waals surface area contributed by atoms with Crippen LogP contribution in [0.15, 0.2) is 66.7 Å². The van der Waals surface area contributed by atoms with Crippen LogP contribution in [0.1, 0.15) is 63.0 Å². The lowest BCUT2D eigenvalue weighted by Crippen LogP contribution is -2.33. The fourth-order valence-corrected chi connectivity index (χ4v) is 6.90. The quantitative estimate of drug-likeness (QED) is 0.183. The van der Waals surface area contributed by atoms with Gasteiger partial charge in [-0.2, -0.15) is 5.10 Å². The van der Waals surface area contributed by atoms with Crippen LogP contribution in [-0.4, -0.2) is 53.0 Å². The highest BCUT2D eigenvalue weighted by molar-refractivity contribution is 5.84. The Morgan fingerprint density at radius 1 is 0.958 bits per heavy atom. The Morgan fingerprint density at radius 2 is 1.77 bits per heavy atom. The largest absolute Gasteiger partial charge is 0.489 e. The van der Waals surface area contributed by atoms with Gasteiger partial charge in [-0.3, -0.25) is 0 Å². The van der Waals surface area contributed by atoms with Gasteiger partial charge in [0.05, 0.1) is 36.3 Å². The highest BCUT2D eigenvalue weighted by Gasteiger charge is 2.35. The van der Waals surface area contributed by atoms with E-state index < -0.39 is 23.5 Å². The summed E-state index contributed by atoms with van der Waals surface area (Å²) in [5, 5.41) is 5.06. The van der Waals surface area contributed by atoms with Crippen molar-refractivity contribution in [1.29, 1.82) is 0 Å². The number of fused-ring (bicyclic) bond motifs is 8. The third-order valence-corrected chi connectivity index (χ3v) is 9.10. The molecule has 2 aliphatic rings. The normalized spacial score (nSPS) is 15.3. The van der Waals surface area contributed by atoms with Crippen molar-refractivity contribution in [3.05, 3.63) is 89.4 Å². The van der Waals surface area contributed by atoms with Crippen LogP contribution in [0.2, 0.25) is 0 Å². The Bertz CT molecular complexity index is 2010. The summed E-state index contributed by atoms with van der Waals surface area (Å²) in [6.07, 6.45) is 2.90. The number of aromatic nitrogens is 3. The highest BCUT2D eigenvalue weighted by atomic mass is 19.1. The van der Waals surface area contributed by atoms with Crippen molar-refractivity contribution in [1.82, 2.24) is 14.6 Å². The molecule has 5 aromatic rings. The Balaban J connectivity index is 1.53. The second kappa shape index (κ2) is 12.7. The molecule has 0 amide bonds. The molecule has 1 atom stereocenters. The number of nitrogens with zero attached hydrogens (tertiary/aromatic N) is 4. The number of methoxy groups -OCH3 is 1. The number of benzene rings is 3. The van der Waals surface area contributed by atoms with E-state index in [4.69, 9.17) is 24.3 Å². The first-order chi connectivity index (χ1) is 23.1. The van der Waals surface area contributed by atoms with Crippen molar-refractivity contribution < 1.29 is 23.4 Å². The number of ether oxygens (including phenoxy) is 3. The minimum absolute atomic E-state index is 0.277. The Labute approximate surface area is 280 Å². The first-order valence-corrected chi connectivity index (χ1v) is 16.7. The van der Waals surface area contributed by atoms with Crippen LogP contribution in [0.25, 0.3) is 39.3 Å². The molecule has 0 saturated carbocycles. The number of anilines is 1. The van der Waals surface area contributed by atoms with Gasteiger partial charge < -0.3 is 19.1 Å². The molecular formula is C39H41FN4O4. The molecule has 0 aliphatic carbocycles. The van der Waals surface area contributed by atoms with E-state index in [2.05, 4.69) is 41.3 Å². The second-order valence-electron chi connectivity index (χ2n) is 13.6. The molecule has 2 aliphatic heterocycles. The lowest BCUT2D eigenvalue weighted by Gasteiger charge is -2.32. The number of esters is 1. The lowest BCUT2D eigenvalue weighted by molar-refractivity contribution is -0.164. The van der Waals surface area contributed by atoms with Crippen molar-refractivity contribution in [2.45, 2.75) is 65.1 Å². The van der Waals surface area contributed by atoms with E-state index in [9.17, 15) is 4.79 Å². The molecule has 3 aromatic carbocycles. The average Bonchev–Trinajstić information content (AvgIpc) is 3.49. The second-order valence-corrected chi connectivity index (χ2v) is 13.6. The number of carbonyl (C=O) groups is 1. The molecule has 2 aromatic heterocycles. The summed E-state index contributed by atoms with van der Waals surface area (Å²) in [5.41, 5.74) is 7.39. The minimum Gasteiger partial charge on any atom is -0.489 e. The zero-order valence-electron chi connectivity index (χ0n) is 28.2. The van der Waals surface area contributed by atoms with Gasteiger partial charge in [-0.1, -0.05) is 48.9 Å². The number of halogens is 1. The molecule has 0 radical (unpaired) electrons. The average molecular weight is 649 g/mol. The first kappa shape index (κ1) is 31.8. The van der Waals surface area contributed by atoms with Gasteiger partial charge in [0, 0.05) is 41.1 Å². The van der Waals surface area contributed by atoms with E-state index in [1.54, 1.807) is 4.52 Å². The fraction of sp³-hybridized carbons (Fsp3) is 0.359. The van der Waals surface area contributed by atoms with Crippen LogP contribution in [-0.2, 0) is 20.7 Å². The van der Waals surface area contributed by atoms with Gasteiger partial charge in [0.25, 0.3) is 0 Å². The maximum Gasteiger partial charge on any atom is 0.339 e. The van der Waals surface area contributed by atoms with Crippen molar-refractivity contribution in [3.8, 4) is 39.4 Å². The van der Waals surface area contributed by atoms with Gasteiger partial charge in [0.2, 0.25) is 0 Å². The predicted molar refractivity (Wildman–Crippen MR) is 185 cm³/mol. The summed E-state index contributed by atoms with van der Waals surface area (Å²) in [5.74, 6) is -0.594. The zero-order chi connectivity index (χ0) is 33.6. The van der Waals surface area contributed by atoms with E-state index in [-0.39, 0.29) is 5.56 Å². The standard InChI is InChI=1S/C39H41FN4O4/c1-24-35(37(38(45)46-5)48-39(2,3)4)36-29-21-32-33(22-30(29)40)47-19-18-43(32)17-10-6-7-12-25-13-8-9-16-28(25)26-14-11-15-27(20-26)31-23-34(41-24)44(36)42-31/h8-9,11,13-16,20-23,37H,6-7,10,12,17-19H2,1-5H3. The molecule has 48 heavy (non-hydrogen) atoms. The van der Waals surface area contributed by atoms with Crippen LogP contribution in [0.3, 0.4) is 0 Å². The molecule has 8 nitrogen and oxygen atoms in total. The Kier molecular flexibility index (Phi) is 8.41. The summed E-state index contributed by atoms with van der Waals surface area (Å²) in [7, 11) is 1.32. The topological polar surface area (TPSA) is 78.2 Å². The van der Waals surface area contributed by atoms with E-state index in [1.165, 1.54) is 24.3 Å². The Morgan fingerprint density at radius 3 is 2.58 bits per heavy atom. The molecular weight excluding hydrogens is 607 g/mol. The number of hydrogen-bond acceptors (Lipinski definition) is 7. The van der Waals surface area contributed by atoms with Crippen molar-refractivity contribution in [2.75, 3.05) is 31.7 Å².